The fourth-order valence-electron chi connectivity index (χ4n) is 4.09. The first-order valence-corrected chi connectivity index (χ1v) is 12.2. The monoisotopic (exact) mass is 521 g/mol. The number of methoxy groups -OCH3 is 1. The molecule has 3 aromatic carbocycles. The van der Waals surface area contributed by atoms with Gasteiger partial charge in [-0.3, -0.25) is 14.4 Å². The van der Waals surface area contributed by atoms with Crippen LogP contribution in [0.4, 0.5) is 11.4 Å². The molecular weight excluding hydrogens is 494 g/mol. The van der Waals surface area contributed by atoms with Crippen LogP contribution >= 0.6 is 11.6 Å². The number of hydrogen-bond donors (Lipinski definition) is 2. The van der Waals surface area contributed by atoms with Crippen LogP contribution in [0.3, 0.4) is 0 Å². The highest BCUT2D eigenvalue weighted by molar-refractivity contribution is 6.31. The summed E-state index contributed by atoms with van der Waals surface area (Å²) in [7, 11) is 1.58. The van der Waals surface area contributed by atoms with E-state index in [9.17, 15) is 14.4 Å². The smallest absolute Gasteiger partial charge is 0.262 e. The molecule has 1 aliphatic rings. The van der Waals surface area contributed by atoms with Gasteiger partial charge in [0, 0.05) is 41.5 Å². The van der Waals surface area contributed by atoms with Gasteiger partial charge in [-0.05, 0) is 55.0 Å². The van der Waals surface area contributed by atoms with Crippen molar-refractivity contribution in [3.05, 3.63) is 82.9 Å². The van der Waals surface area contributed by atoms with Gasteiger partial charge in [0.25, 0.3) is 5.91 Å². The van der Waals surface area contributed by atoms with Gasteiger partial charge in [-0.2, -0.15) is 0 Å². The zero-order chi connectivity index (χ0) is 26.4. The topological polar surface area (TPSA) is 97.0 Å². The Morgan fingerprint density at radius 2 is 1.84 bits per heavy atom. The van der Waals surface area contributed by atoms with Gasteiger partial charge in [-0.15, -0.1) is 0 Å². The van der Waals surface area contributed by atoms with Crippen LogP contribution in [0, 0.1) is 12.8 Å². The lowest BCUT2D eigenvalue weighted by molar-refractivity contribution is -0.126. The molecule has 0 radical (unpaired) electrons. The van der Waals surface area contributed by atoms with Gasteiger partial charge in [0.2, 0.25) is 11.8 Å². The molecule has 192 valence electrons. The average Bonchev–Trinajstić information content (AvgIpc) is 3.30. The predicted octanol–water partition coefficient (Wildman–Crippen LogP) is 4.34. The Kier molecular flexibility index (Phi) is 8.30. The number of para-hydroxylation sites is 1. The Bertz CT molecular complexity index is 1300. The van der Waals surface area contributed by atoms with Crippen molar-refractivity contribution in [3.8, 4) is 11.5 Å². The lowest BCUT2D eigenvalue weighted by Gasteiger charge is -2.17. The number of anilines is 2. The maximum absolute atomic E-state index is 12.7. The lowest BCUT2D eigenvalue weighted by atomic mass is 10.1. The summed E-state index contributed by atoms with van der Waals surface area (Å²) in [5.41, 5.74) is 3.05. The van der Waals surface area contributed by atoms with Crippen molar-refractivity contribution >= 4 is 40.7 Å². The number of aryl methyl sites for hydroxylation is 1. The maximum atomic E-state index is 12.7. The molecule has 9 heteroatoms. The van der Waals surface area contributed by atoms with E-state index in [4.69, 9.17) is 21.1 Å². The van der Waals surface area contributed by atoms with E-state index < -0.39 is 5.92 Å². The minimum atomic E-state index is -0.447. The summed E-state index contributed by atoms with van der Waals surface area (Å²) in [4.78, 5) is 39.2. The van der Waals surface area contributed by atoms with Crippen LogP contribution in [-0.4, -0.2) is 38.0 Å². The van der Waals surface area contributed by atoms with Crippen molar-refractivity contribution < 1.29 is 23.9 Å². The number of carbonyl (C=O) groups is 3. The fraction of sp³-hybridized carbons (Fsp3) is 0.250. The second-order valence-electron chi connectivity index (χ2n) is 8.73. The standard InChI is InChI=1S/C28H28ClN3O5/c1-18-7-8-21(29)14-24(18)31-26(33)17-37-23-11-9-22(10-12-23)32-16-20(13-27(32)34)28(35)30-15-19-5-3-4-6-25(19)36-2/h3-12,14,20H,13,15-17H2,1-2H3,(H,30,35)(H,31,33)/t20-/m0/s1. The summed E-state index contributed by atoms with van der Waals surface area (Å²) in [6.45, 7) is 2.31. The van der Waals surface area contributed by atoms with Gasteiger partial charge >= 0.3 is 0 Å². The Balaban J connectivity index is 1.28. The highest BCUT2D eigenvalue weighted by Gasteiger charge is 2.35. The summed E-state index contributed by atoms with van der Waals surface area (Å²) in [6.07, 6.45) is 0.138. The van der Waals surface area contributed by atoms with Gasteiger partial charge in [-0.1, -0.05) is 35.9 Å². The van der Waals surface area contributed by atoms with Gasteiger partial charge in [0.1, 0.15) is 11.5 Å². The Hall–Kier alpha value is -4.04. The number of halogens is 1. The highest BCUT2D eigenvalue weighted by atomic mass is 35.5. The second kappa shape index (κ2) is 11.8. The van der Waals surface area contributed by atoms with Crippen LogP contribution in [-0.2, 0) is 20.9 Å². The van der Waals surface area contributed by atoms with Crippen molar-refractivity contribution in [2.75, 3.05) is 30.5 Å². The average molecular weight is 522 g/mol. The molecule has 1 fully saturated rings. The molecular formula is C28H28ClN3O5. The molecule has 1 saturated heterocycles. The Labute approximate surface area is 220 Å². The van der Waals surface area contributed by atoms with E-state index in [0.29, 0.717) is 34.4 Å². The highest BCUT2D eigenvalue weighted by Crippen LogP contribution is 2.27. The third kappa shape index (κ3) is 6.59. The van der Waals surface area contributed by atoms with Crippen molar-refractivity contribution in [2.45, 2.75) is 19.9 Å². The lowest BCUT2D eigenvalue weighted by Crippen LogP contribution is -2.32. The molecule has 0 saturated carbocycles. The van der Waals surface area contributed by atoms with E-state index in [0.717, 1.165) is 11.1 Å². The summed E-state index contributed by atoms with van der Waals surface area (Å²) in [6, 6.07) is 19.6. The minimum Gasteiger partial charge on any atom is -0.496 e. The zero-order valence-electron chi connectivity index (χ0n) is 20.6. The van der Waals surface area contributed by atoms with E-state index >= 15 is 0 Å². The van der Waals surface area contributed by atoms with Crippen molar-refractivity contribution in [2.24, 2.45) is 5.92 Å². The first-order chi connectivity index (χ1) is 17.8. The number of benzene rings is 3. The number of nitrogens with one attached hydrogen (secondary N) is 2. The third-order valence-corrected chi connectivity index (χ3v) is 6.37. The van der Waals surface area contributed by atoms with Crippen LogP contribution in [0.1, 0.15) is 17.5 Å². The van der Waals surface area contributed by atoms with Gasteiger partial charge < -0.3 is 25.0 Å². The second-order valence-corrected chi connectivity index (χ2v) is 9.16. The molecule has 0 aliphatic carbocycles. The van der Waals surface area contributed by atoms with E-state index in [1.165, 1.54) is 0 Å². The van der Waals surface area contributed by atoms with Crippen molar-refractivity contribution in [3.63, 3.8) is 0 Å². The summed E-state index contributed by atoms with van der Waals surface area (Å²) in [5.74, 6) is 0.124. The van der Waals surface area contributed by atoms with Gasteiger partial charge in [0.05, 0.1) is 13.0 Å². The molecule has 0 spiro atoms. The van der Waals surface area contributed by atoms with Crippen LogP contribution in [0.2, 0.25) is 5.02 Å². The predicted molar refractivity (Wildman–Crippen MR) is 142 cm³/mol. The molecule has 0 aromatic heterocycles. The van der Waals surface area contributed by atoms with Gasteiger partial charge in [-0.25, -0.2) is 0 Å². The summed E-state index contributed by atoms with van der Waals surface area (Å²) < 4.78 is 10.9. The molecule has 1 atom stereocenters. The number of ether oxygens (including phenoxy) is 2. The third-order valence-electron chi connectivity index (χ3n) is 6.13. The molecule has 0 bridgehead atoms. The van der Waals surface area contributed by atoms with E-state index in [1.807, 2.05) is 37.3 Å². The molecule has 3 amide bonds. The number of amides is 3. The molecule has 1 aliphatic heterocycles. The molecule has 4 rings (SSSR count). The van der Waals surface area contributed by atoms with Gasteiger partial charge in [0.15, 0.2) is 6.61 Å². The van der Waals surface area contributed by atoms with Crippen molar-refractivity contribution in [1.82, 2.24) is 5.32 Å². The maximum Gasteiger partial charge on any atom is 0.262 e. The quantitative estimate of drug-likeness (QED) is 0.436. The fourth-order valence-corrected chi connectivity index (χ4v) is 4.27. The van der Waals surface area contributed by atoms with E-state index in [-0.39, 0.29) is 37.3 Å². The summed E-state index contributed by atoms with van der Waals surface area (Å²) >= 11 is 5.99. The number of rotatable bonds is 9. The molecule has 8 nitrogen and oxygen atoms in total. The van der Waals surface area contributed by atoms with Crippen LogP contribution in [0.5, 0.6) is 11.5 Å². The van der Waals surface area contributed by atoms with E-state index in [2.05, 4.69) is 10.6 Å². The SMILES string of the molecule is COc1ccccc1CNC(=O)[C@H]1CC(=O)N(c2ccc(OCC(=O)Nc3cc(Cl)ccc3C)cc2)C1. The zero-order valence-corrected chi connectivity index (χ0v) is 21.4. The summed E-state index contributed by atoms with van der Waals surface area (Å²) in [5, 5.41) is 6.22. The van der Waals surface area contributed by atoms with Crippen molar-refractivity contribution in [1.29, 1.82) is 0 Å². The minimum absolute atomic E-state index is 0.123. The molecule has 3 aromatic rings. The normalized spacial score (nSPS) is 14.8. The number of hydrogen-bond acceptors (Lipinski definition) is 5. The number of nitrogens with zero attached hydrogens (tertiary/aromatic N) is 1. The molecule has 37 heavy (non-hydrogen) atoms. The largest absolute Gasteiger partial charge is 0.496 e. The van der Waals surface area contributed by atoms with E-state index in [1.54, 1.807) is 48.4 Å². The Morgan fingerprint density at radius 1 is 1.08 bits per heavy atom. The Morgan fingerprint density at radius 3 is 2.59 bits per heavy atom. The van der Waals surface area contributed by atoms with Crippen LogP contribution < -0.4 is 25.0 Å². The molecule has 0 unspecified atom stereocenters. The number of carbonyl (C=O) groups excluding carboxylic acids is 3. The molecule has 2 N–H and O–H groups in total. The van der Waals surface area contributed by atoms with Crippen LogP contribution in [0.15, 0.2) is 66.7 Å². The molecule has 1 heterocycles. The van der Waals surface area contributed by atoms with Crippen LogP contribution in [0.25, 0.3) is 0 Å². The first-order valence-electron chi connectivity index (χ1n) is 11.8. The first kappa shape index (κ1) is 26.0.